The molecule has 0 bridgehead atoms. The minimum atomic E-state index is -4.07. The number of fused-ring (bicyclic) bond motifs is 1. The zero-order valence-corrected chi connectivity index (χ0v) is 26.3. The highest BCUT2D eigenvalue weighted by molar-refractivity contribution is 7.89. The molecule has 4 heterocycles. The number of pyridine rings is 1. The van der Waals surface area contributed by atoms with E-state index in [9.17, 15) is 30.4 Å². The fourth-order valence-corrected chi connectivity index (χ4v) is 7.36. The van der Waals surface area contributed by atoms with E-state index in [1.54, 1.807) is 0 Å². The second-order valence-corrected chi connectivity index (χ2v) is 14.7. The second kappa shape index (κ2) is 12.5. The molecule has 47 heavy (non-hydrogen) atoms. The normalized spacial score (nSPS) is 15.0. The van der Waals surface area contributed by atoms with Crippen LogP contribution < -0.4 is 10.9 Å². The summed E-state index contributed by atoms with van der Waals surface area (Å²) < 4.78 is 95.7. The molecule has 0 unspecified atom stereocenters. The van der Waals surface area contributed by atoms with Gasteiger partial charge in [-0.2, -0.15) is 13.4 Å². The van der Waals surface area contributed by atoms with E-state index >= 15 is 4.39 Å². The minimum Gasteiger partial charge on any atom is -0.351 e. The molecule has 0 atom stereocenters. The first-order valence-electron chi connectivity index (χ1n) is 14.2. The molecular formula is C29H27F3N8O5S2. The van der Waals surface area contributed by atoms with Crippen molar-refractivity contribution >= 4 is 37.0 Å². The van der Waals surface area contributed by atoms with Crippen molar-refractivity contribution < 1.29 is 30.0 Å². The van der Waals surface area contributed by atoms with Crippen LogP contribution in [0.15, 0.2) is 77.1 Å². The molecule has 0 radical (unpaired) electrons. The number of halogens is 3. The van der Waals surface area contributed by atoms with Gasteiger partial charge in [0.2, 0.25) is 16.0 Å². The van der Waals surface area contributed by atoms with Crippen molar-refractivity contribution in [1.29, 1.82) is 0 Å². The van der Waals surface area contributed by atoms with E-state index < -0.39 is 43.4 Å². The van der Waals surface area contributed by atoms with Crippen molar-refractivity contribution in [2.45, 2.75) is 36.7 Å². The van der Waals surface area contributed by atoms with E-state index in [0.717, 1.165) is 35.6 Å². The maximum Gasteiger partial charge on any atom is 0.284 e. The van der Waals surface area contributed by atoms with Crippen LogP contribution in [0.4, 0.5) is 19.1 Å². The molecule has 0 saturated carbocycles. The first kappa shape index (κ1) is 32.3. The Hall–Kier alpha value is -4.68. The molecule has 18 heteroatoms. The Kier molecular flexibility index (Phi) is 8.58. The monoisotopic (exact) mass is 688 g/mol. The Bertz CT molecular complexity index is 2240. The molecule has 0 spiro atoms. The SMILES string of the molecule is CS(=O)(=O)N1CCC(Nc2ncc3cc(C(F)F)c(=O)n(Cc4ccc(-c5cccc(S(=O)(=O)n6cncn6)c5)c(F)c4)c3n2)CC1. The van der Waals surface area contributed by atoms with Crippen LogP contribution in [0.25, 0.3) is 22.2 Å². The smallest absolute Gasteiger partial charge is 0.284 e. The molecule has 3 aromatic heterocycles. The van der Waals surface area contributed by atoms with E-state index in [1.165, 1.54) is 46.9 Å². The fraction of sp³-hybridized carbons (Fsp3) is 0.276. The van der Waals surface area contributed by atoms with Crippen molar-refractivity contribution in [3.63, 3.8) is 0 Å². The quantitative estimate of drug-likeness (QED) is 0.243. The van der Waals surface area contributed by atoms with E-state index in [1.807, 2.05) is 0 Å². The van der Waals surface area contributed by atoms with Crippen LogP contribution in [0.5, 0.6) is 0 Å². The molecule has 1 saturated heterocycles. The van der Waals surface area contributed by atoms with Gasteiger partial charge in [-0.15, -0.1) is 9.19 Å². The molecule has 0 aliphatic carbocycles. The second-order valence-electron chi connectivity index (χ2n) is 11.0. The van der Waals surface area contributed by atoms with Crippen LogP contribution in [0.2, 0.25) is 0 Å². The van der Waals surface area contributed by atoms with E-state index in [2.05, 4.69) is 25.4 Å². The van der Waals surface area contributed by atoms with Gasteiger partial charge in [-0.05, 0) is 48.2 Å². The highest BCUT2D eigenvalue weighted by Crippen LogP contribution is 2.28. The minimum absolute atomic E-state index is 0.0426. The third-order valence-electron chi connectivity index (χ3n) is 7.81. The van der Waals surface area contributed by atoms with Gasteiger partial charge in [0.1, 0.15) is 24.1 Å². The zero-order valence-electron chi connectivity index (χ0n) is 24.7. The van der Waals surface area contributed by atoms with Crippen molar-refractivity contribution in [3.8, 4) is 11.1 Å². The van der Waals surface area contributed by atoms with Gasteiger partial charge in [-0.3, -0.25) is 9.36 Å². The first-order valence-corrected chi connectivity index (χ1v) is 17.5. The topological polar surface area (TPSA) is 162 Å². The Morgan fingerprint density at radius 3 is 2.47 bits per heavy atom. The Morgan fingerprint density at radius 1 is 1.04 bits per heavy atom. The van der Waals surface area contributed by atoms with Gasteiger partial charge in [0.05, 0.1) is 23.3 Å². The number of anilines is 1. The predicted octanol–water partition coefficient (Wildman–Crippen LogP) is 3.25. The van der Waals surface area contributed by atoms with Gasteiger partial charge >= 0.3 is 0 Å². The van der Waals surface area contributed by atoms with Crippen molar-refractivity contribution in [1.82, 2.24) is 33.0 Å². The number of aromatic nitrogens is 6. The summed E-state index contributed by atoms with van der Waals surface area (Å²) in [5.41, 5.74) is -1.15. The lowest BCUT2D eigenvalue weighted by Gasteiger charge is -2.30. The molecule has 0 amide bonds. The number of rotatable bonds is 9. The standard InChI is InChI=1S/C29H27F3N8O5S2/c1-46(42,43)38-9-7-21(8-10-38)36-29-34-14-20-13-24(26(31)32)28(41)39(27(20)37-29)15-18-5-6-23(25(30)11-18)19-3-2-4-22(12-19)47(44,45)40-17-33-16-35-40/h2-6,11-14,16-17,21,26H,7-10,15H2,1H3,(H,34,36,37). The summed E-state index contributed by atoms with van der Waals surface area (Å²) in [5, 5.41) is 6.96. The molecule has 1 aliphatic rings. The van der Waals surface area contributed by atoms with E-state index in [4.69, 9.17) is 0 Å². The Labute approximate surface area is 266 Å². The number of benzene rings is 2. The van der Waals surface area contributed by atoms with Gasteiger partial charge in [0.15, 0.2) is 0 Å². The van der Waals surface area contributed by atoms with Crippen LogP contribution in [-0.4, -0.2) is 75.2 Å². The number of alkyl halides is 2. The van der Waals surface area contributed by atoms with Crippen LogP contribution in [0.1, 0.15) is 30.4 Å². The highest BCUT2D eigenvalue weighted by Gasteiger charge is 2.26. The summed E-state index contributed by atoms with van der Waals surface area (Å²) in [6, 6.07) is 10.5. The number of sulfonamides is 1. The average Bonchev–Trinajstić information content (AvgIpc) is 3.59. The third kappa shape index (κ3) is 6.61. The molecular weight excluding hydrogens is 661 g/mol. The summed E-state index contributed by atoms with van der Waals surface area (Å²) in [4.78, 5) is 25.4. The molecule has 2 aromatic carbocycles. The molecule has 6 rings (SSSR count). The number of hydrogen-bond donors (Lipinski definition) is 1. The van der Waals surface area contributed by atoms with Crippen LogP contribution in [0.3, 0.4) is 0 Å². The molecule has 1 aliphatic heterocycles. The van der Waals surface area contributed by atoms with Crippen molar-refractivity contribution in [2.75, 3.05) is 24.7 Å². The first-order chi connectivity index (χ1) is 22.3. The summed E-state index contributed by atoms with van der Waals surface area (Å²) in [6.45, 7) is 0.295. The van der Waals surface area contributed by atoms with Crippen molar-refractivity contribution in [2.24, 2.45) is 0 Å². The zero-order chi connectivity index (χ0) is 33.5. The number of nitrogens with one attached hydrogen (secondary N) is 1. The van der Waals surface area contributed by atoms with Crippen LogP contribution in [-0.2, 0) is 26.6 Å². The Balaban J connectivity index is 1.31. The molecule has 13 nitrogen and oxygen atoms in total. The van der Waals surface area contributed by atoms with Gasteiger partial charge in [-0.25, -0.2) is 35.9 Å². The highest BCUT2D eigenvalue weighted by atomic mass is 32.2. The predicted molar refractivity (Wildman–Crippen MR) is 165 cm³/mol. The van der Waals surface area contributed by atoms with Gasteiger partial charge in [0, 0.05) is 36.3 Å². The van der Waals surface area contributed by atoms with Gasteiger partial charge in [0.25, 0.3) is 22.0 Å². The maximum atomic E-state index is 15.5. The van der Waals surface area contributed by atoms with E-state index in [0.29, 0.717) is 30.0 Å². The summed E-state index contributed by atoms with van der Waals surface area (Å²) in [6.07, 6.45) is 2.42. The number of piperidine rings is 1. The van der Waals surface area contributed by atoms with E-state index in [-0.39, 0.29) is 51.2 Å². The van der Waals surface area contributed by atoms with Gasteiger partial charge in [-0.1, -0.05) is 24.3 Å². The molecule has 5 aromatic rings. The van der Waals surface area contributed by atoms with Crippen LogP contribution in [0, 0.1) is 5.82 Å². The summed E-state index contributed by atoms with van der Waals surface area (Å²) in [7, 11) is -7.39. The summed E-state index contributed by atoms with van der Waals surface area (Å²) in [5.74, 6) is -0.618. The Morgan fingerprint density at radius 2 is 1.81 bits per heavy atom. The lowest BCUT2D eigenvalue weighted by molar-refractivity contribution is 0.149. The summed E-state index contributed by atoms with van der Waals surface area (Å²) >= 11 is 0. The lowest BCUT2D eigenvalue weighted by atomic mass is 10.0. The third-order valence-corrected chi connectivity index (χ3v) is 10.6. The van der Waals surface area contributed by atoms with Crippen molar-refractivity contribution in [3.05, 3.63) is 94.7 Å². The van der Waals surface area contributed by atoms with Crippen LogP contribution >= 0.6 is 0 Å². The molecule has 1 N–H and O–H groups in total. The molecule has 246 valence electrons. The lowest BCUT2D eigenvalue weighted by Crippen LogP contribution is -2.42. The van der Waals surface area contributed by atoms with Gasteiger partial charge < -0.3 is 5.32 Å². The molecule has 1 fully saturated rings. The number of nitrogens with zero attached hydrogens (tertiary/aromatic N) is 7. The maximum absolute atomic E-state index is 15.5. The number of hydrogen-bond acceptors (Lipinski definition) is 10. The fourth-order valence-electron chi connectivity index (χ4n) is 5.40. The largest absolute Gasteiger partial charge is 0.351 e. The average molecular weight is 689 g/mol.